The molecule has 4 heteroatoms. The van der Waals surface area contributed by atoms with Crippen LogP contribution in [0.4, 0.5) is 0 Å². The van der Waals surface area contributed by atoms with Gasteiger partial charge in [-0.05, 0) is 23.8 Å². The van der Waals surface area contributed by atoms with E-state index in [0.717, 1.165) is 23.4 Å². The molecule has 1 aromatic carbocycles. The Morgan fingerprint density at radius 2 is 2.40 bits per heavy atom. The van der Waals surface area contributed by atoms with Crippen molar-refractivity contribution >= 4 is 15.9 Å². The minimum absolute atomic E-state index is 0.253. The molecular formula is C11H14BrNO2. The van der Waals surface area contributed by atoms with Crippen LogP contribution in [0.15, 0.2) is 22.7 Å². The van der Waals surface area contributed by atoms with Crippen LogP contribution in [-0.2, 0) is 4.74 Å². The number of hydrogen-bond acceptors (Lipinski definition) is 3. The molecule has 1 fully saturated rings. The van der Waals surface area contributed by atoms with E-state index in [-0.39, 0.29) is 6.04 Å². The third-order valence-corrected chi connectivity index (χ3v) is 3.22. The maximum absolute atomic E-state index is 5.44. The minimum Gasteiger partial charge on any atom is -0.497 e. The Balaban J connectivity index is 2.24. The van der Waals surface area contributed by atoms with Gasteiger partial charge in [-0.3, -0.25) is 0 Å². The molecule has 0 aliphatic carbocycles. The largest absolute Gasteiger partial charge is 0.497 e. The van der Waals surface area contributed by atoms with E-state index >= 15 is 0 Å². The van der Waals surface area contributed by atoms with E-state index in [1.54, 1.807) is 7.11 Å². The quantitative estimate of drug-likeness (QED) is 0.894. The Hall–Kier alpha value is -0.580. The van der Waals surface area contributed by atoms with Crippen LogP contribution < -0.4 is 10.1 Å². The van der Waals surface area contributed by atoms with Crippen LogP contribution in [0.3, 0.4) is 0 Å². The Bertz CT molecular complexity index is 337. The molecule has 1 heterocycles. The molecule has 0 saturated carbocycles. The lowest BCUT2D eigenvalue weighted by atomic mass is 10.1. The third kappa shape index (κ3) is 2.51. The third-order valence-electron chi connectivity index (χ3n) is 2.50. The van der Waals surface area contributed by atoms with Crippen LogP contribution in [0.1, 0.15) is 11.6 Å². The van der Waals surface area contributed by atoms with Gasteiger partial charge in [0.25, 0.3) is 0 Å². The first-order valence-electron chi connectivity index (χ1n) is 4.96. The first-order chi connectivity index (χ1) is 7.31. The lowest BCUT2D eigenvalue weighted by Gasteiger charge is -2.25. The van der Waals surface area contributed by atoms with E-state index in [0.29, 0.717) is 6.61 Å². The van der Waals surface area contributed by atoms with Crippen molar-refractivity contribution in [3.63, 3.8) is 0 Å². The van der Waals surface area contributed by atoms with Gasteiger partial charge in [-0.15, -0.1) is 0 Å². The Morgan fingerprint density at radius 3 is 3.07 bits per heavy atom. The van der Waals surface area contributed by atoms with Crippen LogP contribution in [0.5, 0.6) is 5.75 Å². The van der Waals surface area contributed by atoms with Crippen molar-refractivity contribution in [1.29, 1.82) is 0 Å². The number of benzene rings is 1. The molecule has 1 aliphatic heterocycles. The molecule has 1 atom stereocenters. The molecular weight excluding hydrogens is 258 g/mol. The molecule has 0 aromatic heterocycles. The highest BCUT2D eigenvalue weighted by atomic mass is 79.9. The van der Waals surface area contributed by atoms with Gasteiger partial charge in [0.2, 0.25) is 0 Å². The van der Waals surface area contributed by atoms with E-state index in [2.05, 4.69) is 21.2 Å². The lowest BCUT2D eigenvalue weighted by Crippen LogP contribution is -2.34. The summed E-state index contributed by atoms with van der Waals surface area (Å²) in [5.41, 5.74) is 1.19. The fourth-order valence-electron chi connectivity index (χ4n) is 1.68. The Kier molecular flexibility index (Phi) is 3.61. The predicted octanol–water partition coefficient (Wildman–Crippen LogP) is 2.12. The molecule has 15 heavy (non-hydrogen) atoms. The fourth-order valence-corrected chi connectivity index (χ4v) is 2.20. The van der Waals surface area contributed by atoms with Crippen molar-refractivity contribution in [2.45, 2.75) is 6.04 Å². The number of nitrogens with one attached hydrogen (secondary N) is 1. The number of ether oxygens (including phenoxy) is 2. The van der Waals surface area contributed by atoms with Crippen molar-refractivity contribution in [2.75, 3.05) is 26.9 Å². The van der Waals surface area contributed by atoms with Crippen molar-refractivity contribution < 1.29 is 9.47 Å². The van der Waals surface area contributed by atoms with Gasteiger partial charge in [-0.2, -0.15) is 0 Å². The SMILES string of the molecule is COc1ccc(Br)c(C2COCCN2)c1. The topological polar surface area (TPSA) is 30.5 Å². The fraction of sp³-hybridized carbons (Fsp3) is 0.455. The van der Waals surface area contributed by atoms with Gasteiger partial charge in [0.15, 0.2) is 0 Å². The zero-order valence-electron chi connectivity index (χ0n) is 8.63. The summed E-state index contributed by atoms with van der Waals surface area (Å²) < 4.78 is 11.7. The number of morpholine rings is 1. The highest BCUT2D eigenvalue weighted by molar-refractivity contribution is 9.10. The molecule has 0 spiro atoms. The van der Waals surface area contributed by atoms with Gasteiger partial charge in [0, 0.05) is 11.0 Å². The van der Waals surface area contributed by atoms with Gasteiger partial charge >= 0.3 is 0 Å². The summed E-state index contributed by atoms with van der Waals surface area (Å²) in [6, 6.07) is 6.24. The second kappa shape index (κ2) is 4.96. The highest BCUT2D eigenvalue weighted by Gasteiger charge is 2.18. The van der Waals surface area contributed by atoms with Crippen molar-refractivity contribution in [3.05, 3.63) is 28.2 Å². The van der Waals surface area contributed by atoms with Gasteiger partial charge in [0.05, 0.1) is 26.4 Å². The molecule has 1 unspecified atom stereocenters. The van der Waals surface area contributed by atoms with Gasteiger partial charge in [-0.25, -0.2) is 0 Å². The van der Waals surface area contributed by atoms with E-state index in [1.165, 1.54) is 5.56 Å². The molecule has 0 radical (unpaired) electrons. The van der Waals surface area contributed by atoms with Crippen molar-refractivity contribution in [3.8, 4) is 5.75 Å². The van der Waals surface area contributed by atoms with Crippen LogP contribution in [0, 0.1) is 0 Å². The first-order valence-corrected chi connectivity index (χ1v) is 5.75. The van der Waals surface area contributed by atoms with Crippen molar-refractivity contribution in [1.82, 2.24) is 5.32 Å². The van der Waals surface area contributed by atoms with Gasteiger partial charge in [0.1, 0.15) is 5.75 Å². The monoisotopic (exact) mass is 271 g/mol. The molecule has 82 valence electrons. The van der Waals surface area contributed by atoms with E-state index in [9.17, 15) is 0 Å². The maximum atomic E-state index is 5.44. The number of hydrogen-bond donors (Lipinski definition) is 1. The van der Waals surface area contributed by atoms with Gasteiger partial charge < -0.3 is 14.8 Å². The number of rotatable bonds is 2. The summed E-state index contributed by atoms with van der Waals surface area (Å²) in [5.74, 6) is 0.876. The summed E-state index contributed by atoms with van der Waals surface area (Å²) in [6.45, 7) is 2.40. The first kappa shape index (κ1) is 10.9. The maximum Gasteiger partial charge on any atom is 0.119 e. The van der Waals surface area contributed by atoms with Gasteiger partial charge in [-0.1, -0.05) is 15.9 Å². The summed E-state index contributed by atoms with van der Waals surface area (Å²) in [5, 5.41) is 3.42. The second-order valence-electron chi connectivity index (χ2n) is 3.47. The summed E-state index contributed by atoms with van der Waals surface area (Å²) in [6.07, 6.45) is 0. The molecule has 0 amide bonds. The summed E-state index contributed by atoms with van der Waals surface area (Å²) in [4.78, 5) is 0. The highest BCUT2D eigenvalue weighted by Crippen LogP contribution is 2.28. The van der Waals surface area contributed by atoms with E-state index in [4.69, 9.17) is 9.47 Å². The molecule has 1 aliphatic rings. The second-order valence-corrected chi connectivity index (χ2v) is 4.32. The zero-order valence-corrected chi connectivity index (χ0v) is 10.2. The van der Waals surface area contributed by atoms with Crippen LogP contribution >= 0.6 is 15.9 Å². The number of methoxy groups -OCH3 is 1. The Morgan fingerprint density at radius 1 is 1.53 bits per heavy atom. The average Bonchev–Trinajstić information content (AvgIpc) is 2.31. The predicted molar refractivity (Wildman–Crippen MR) is 62.3 cm³/mol. The number of halogens is 1. The zero-order chi connectivity index (χ0) is 10.7. The van der Waals surface area contributed by atoms with Crippen molar-refractivity contribution in [2.24, 2.45) is 0 Å². The molecule has 0 bridgehead atoms. The molecule has 1 saturated heterocycles. The normalized spacial score (nSPS) is 21.3. The molecule has 3 nitrogen and oxygen atoms in total. The van der Waals surface area contributed by atoms with Crippen LogP contribution in [0.2, 0.25) is 0 Å². The minimum atomic E-state index is 0.253. The van der Waals surface area contributed by atoms with E-state index < -0.39 is 0 Å². The Labute approximate surface area is 97.9 Å². The molecule has 2 rings (SSSR count). The lowest BCUT2D eigenvalue weighted by molar-refractivity contribution is 0.0766. The molecule has 1 N–H and O–H groups in total. The summed E-state index contributed by atoms with van der Waals surface area (Å²) >= 11 is 3.54. The van der Waals surface area contributed by atoms with Crippen LogP contribution in [-0.4, -0.2) is 26.9 Å². The summed E-state index contributed by atoms with van der Waals surface area (Å²) in [7, 11) is 1.68. The van der Waals surface area contributed by atoms with Crippen LogP contribution in [0.25, 0.3) is 0 Å². The van der Waals surface area contributed by atoms with E-state index in [1.807, 2.05) is 18.2 Å². The standard InChI is InChI=1S/C11H14BrNO2/c1-14-8-2-3-10(12)9(6-8)11-7-15-5-4-13-11/h2-3,6,11,13H,4-5,7H2,1H3. The molecule has 1 aromatic rings. The average molecular weight is 272 g/mol. The smallest absolute Gasteiger partial charge is 0.119 e.